The van der Waals surface area contributed by atoms with E-state index in [0.29, 0.717) is 6.04 Å². The SMILES string of the molecule is CNC(c1ccc(Br)c(Cl)c1)C(C)(C)C. The van der Waals surface area contributed by atoms with Crippen LogP contribution in [0.5, 0.6) is 0 Å². The van der Waals surface area contributed by atoms with Gasteiger partial charge in [0.1, 0.15) is 0 Å². The number of nitrogens with one attached hydrogen (secondary N) is 1. The number of halogens is 2. The molecule has 0 spiro atoms. The van der Waals surface area contributed by atoms with Gasteiger partial charge in [-0.3, -0.25) is 0 Å². The van der Waals surface area contributed by atoms with Gasteiger partial charge in [-0.25, -0.2) is 0 Å². The molecule has 0 amide bonds. The Bertz CT molecular complexity index is 344. The lowest BCUT2D eigenvalue weighted by molar-refractivity contribution is 0.287. The van der Waals surface area contributed by atoms with E-state index in [9.17, 15) is 0 Å². The van der Waals surface area contributed by atoms with E-state index in [1.54, 1.807) is 0 Å². The molecule has 0 aliphatic carbocycles. The molecule has 1 nitrogen and oxygen atoms in total. The average molecular weight is 291 g/mol. The zero-order valence-corrected chi connectivity index (χ0v) is 11.9. The molecule has 0 aliphatic heterocycles. The molecule has 1 N–H and O–H groups in total. The van der Waals surface area contributed by atoms with Crippen molar-refractivity contribution in [2.75, 3.05) is 7.05 Å². The van der Waals surface area contributed by atoms with E-state index in [0.717, 1.165) is 9.50 Å². The van der Waals surface area contributed by atoms with Crippen LogP contribution in [0.4, 0.5) is 0 Å². The summed E-state index contributed by atoms with van der Waals surface area (Å²) in [7, 11) is 1.98. The maximum atomic E-state index is 6.09. The predicted octanol–water partition coefficient (Wildman–Crippen LogP) is 4.41. The number of rotatable bonds is 2. The minimum Gasteiger partial charge on any atom is -0.313 e. The fourth-order valence-corrected chi connectivity index (χ4v) is 2.23. The van der Waals surface area contributed by atoms with Gasteiger partial charge in [0.2, 0.25) is 0 Å². The summed E-state index contributed by atoms with van der Waals surface area (Å²) < 4.78 is 0.941. The number of benzene rings is 1. The van der Waals surface area contributed by atoms with Crippen molar-refractivity contribution >= 4 is 27.5 Å². The Labute approximate surface area is 105 Å². The Morgan fingerprint density at radius 1 is 1.33 bits per heavy atom. The van der Waals surface area contributed by atoms with Crippen molar-refractivity contribution in [2.24, 2.45) is 5.41 Å². The van der Waals surface area contributed by atoms with Crippen LogP contribution >= 0.6 is 27.5 Å². The zero-order chi connectivity index (χ0) is 11.6. The third kappa shape index (κ3) is 3.20. The molecular weight excluding hydrogens is 273 g/mol. The van der Waals surface area contributed by atoms with Crippen LogP contribution in [-0.2, 0) is 0 Å². The van der Waals surface area contributed by atoms with E-state index in [2.05, 4.69) is 48.1 Å². The fourth-order valence-electron chi connectivity index (χ4n) is 1.79. The molecule has 1 unspecified atom stereocenters. The second kappa shape index (κ2) is 4.86. The van der Waals surface area contributed by atoms with Gasteiger partial charge in [0, 0.05) is 10.5 Å². The molecule has 1 aromatic carbocycles. The first-order valence-electron chi connectivity index (χ1n) is 4.98. The quantitative estimate of drug-likeness (QED) is 0.851. The Kier molecular flexibility index (Phi) is 4.21. The van der Waals surface area contributed by atoms with Crippen LogP contribution in [-0.4, -0.2) is 7.05 Å². The largest absolute Gasteiger partial charge is 0.313 e. The van der Waals surface area contributed by atoms with Gasteiger partial charge in [-0.1, -0.05) is 38.4 Å². The van der Waals surface area contributed by atoms with Crippen LogP contribution in [0.1, 0.15) is 32.4 Å². The number of hydrogen-bond acceptors (Lipinski definition) is 1. The van der Waals surface area contributed by atoms with Gasteiger partial charge < -0.3 is 5.32 Å². The second-order valence-corrected chi connectivity index (χ2v) is 6.02. The van der Waals surface area contributed by atoms with Crippen LogP contribution in [0.15, 0.2) is 22.7 Å². The summed E-state index contributed by atoms with van der Waals surface area (Å²) in [4.78, 5) is 0. The van der Waals surface area contributed by atoms with E-state index in [4.69, 9.17) is 11.6 Å². The molecule has 0 fully saturated rings. The van der Waals surface area contributed by atoms with Crippen molar-refractivity contribution in [1.82, 2.24) is 5.32 Å². The summed E-state index contributed by atoms with van der Waals surface area (Å²) >= 11 is 9.49. The van der Waals surface area contributed by atoms with Crippen LogP contribution in [0.25, 0.3) is 0 Å². The van der Waals surface area contributed by atoms with Crippen LogP contribution < -0.4 is 5.32 Å². The molecule has 0 saturated heterocycles. The summed E-state index contributed by atoms with van der Waals surface area (Å²) in [5.74, 6) is 0. The highest BCUT2D eigenvalue weighted by atomic mass is 79.9. The summed E-state index contributed by atoms with van der Waals surface area (Å²) in [6.07, 6.45) is 0. The minimum absolute atomic E-state index is 0.173. The van der Waals surface area contributed by atoms with Crippen molar-refractivity contribution in [3.05, 3.63) is 33.3 Å². The van der Waals surface area contributed by atoms with Crippen molar-refractivity contribution in [2.45, 2.75) is 26.8 Å². The minimum atomic E-state index is 0.173. The van der Waals surface area contributed by atoms with Gasteiger partial charge in [-0.15, -0.1) is 0 Å². The Balaban J connectivity index is 3.08. The maximum Gasteiger partial charge on any atom is 0.0551 e. The Morgan fingerprint density at radius 2 is 1.93 bits per heavy atom. The summed E-state index contributed by atoms with van der Waals surface area (Å²) in [5, 5.41) is 4.09. The summed E-state index contributed by atoms with van der Waals surface area (Å²) in [5.41, 5.74) is 1.39. The monoisotopic (exact) mass is 289 g/mol. The molecular formula is C12H17BrClN. The molecule has 0 aromatic heterocycles. The van der Waals surface area contributed by atoms with Gasteiger partial charge in [0.05, 0.1) is 5.02 Å². The lowest BCUT2D eigenvalue weighted by atomic mass is 9.82. The van der Waals surface area contributed by atoms with E-state index >= 15 is 0 Å². The molecule has 15 heavy (non-hydrogen) atoms. The lowest BCUT2D eigenvalue weighted by Gasteiger charge is -2.31. The summed E-state index contributed by atoms with van der Waals surface area (Å²) in [6.45, 7) is 6.64. The summed E-state index contributed by atoms with van der Waals surface area (Å²) in [6, 6.07) is 6.41. The van der Waals surface area contributed by atoms with Gasteiger partial charge in [0.25, 0.3) is 0 Å². The van der Waals surface area contributed by atoms with Crippen LogP contribution in [0.2, 0.25) is 5.02 Å². The Hall–Kier alpha value is -0.0500. The molecule has 1 aromatic rings. The predicted molar refractivity (Wildman–Crippen MR) is 70.4 cm³/mol. The van der Waals surface area contributed by atoms with E-state index in [1.165, 1.54) is 5.56 Å². The molecule has 0 aliphatic rings. The van der Waals surface area contributed by atoms with Gasteiger partial charge in [0.15, 0.2) is 0 Å². The van der Waals surface area contributed by atoms with Crippen molar-refractivity contribution in [1.29, 1.82) is 0 Å². The molecule has 1 atom stereocenters. The first-order chi connectivity index (χ1) is 6.86. The molecule has 1 rings (SSSR count). The van der Waals surface area contributed by atoms with E-state index < -0.39 is 0 Å². The van der Waals surface area contributed by atoms with Gasteiger partial charge in [-0.05, 0) is 46.1 Å². The molecule has 3 heteroatoms. The first kappa shape index (κ1) is 13.0. The highest BCUT2D eigenvalue weighted by molar-refractivity contribution is 9.10. The average Bonchev–Trinajstić information content (AvgIpc) is 2.10. The molecule has 0 radical (unpaired) electrons. The van der Waals surface area contributed by atoms with Gasteiger partial charge in [-0.2, -0.15) is 0 Å². The van der Waals surface area contributed by atoms with Crippen molar-refractivity contribution in [3.8, 4) is 0 Å². The first-order valence-corrected chi connectivity index (χ1v) is 6.15. The highest BCUT2D eigenvalue weighted by Crippen LogP contribution is 2.35. The molecule has 0 bridgehead atoms. The lowest BCUT2D eigenvalue weighted by Crippen LogP contribution is -2.29. The van der Waals surface area contributed by atoms with Crippen LogP contribution in [0.3, 0.4) is 0 Å². The second-order valence-electron chi connectivity index (χ2n) is 4.76. The topological polar surface area (TPSA) is 12.0 Å². The standard InChI is InChI=1S/C12H17BrClN/c1-12(2,3)11(15-4)8-5-6-9(13)10(14)7-8/h5-7,11,15H,1-4H3. The highest BCUT2D eigenvalue weighted by Gasteiger charge is 2.24. The van der Waals surface area contributed by atoms with E-state index in [1.807, 2.05) is 19.2 Å². The smallest absolute Gasteiger partial charge is 0.0551 e. The number of hydrogen-bond donors (Lipinski definition) is 1. The molecule has 84 valence electrons. The molecule has 0 saturated carbocycles. The zero-order valence-electron chi connectivity index (χ0n) is 9.57. The van der Waals surface area contributed by atoms with Crippen LogP contribution in [0, 0.1) is 5.41 Å². The fraction of sp³-hybridized carbons (Fsp3) is 0.500. The molecule has 0 heterocycles. The Morgan fingerprint density at radius 3 is 2.33 bits per heavy atom. The van der Waals surface area contributed by atoms with Gasteiger partial charge >= 0.3 is 0 Å². The van der Waals surface area contributed by atoms with Crippen molar-refractivity contribution < 1.29 is 0 Å². The third-order valence-electron chi connectivity index (χ3n) is 2.43. The third-order valence-corrected chi connectivity index (χ3v) is 3.66. The van der Waals surface area contributed by atoms with Crippen molar-refractivity contribution in [3.63, 3.8) is 0 Å². The maximum absolute atomic E-state index is 6.09. The normalized spacial score (nSPS) is 14.0. The van der Waals surface area contributed by atoms with E-state index in [-0.39, 0.29) is 5.41 Å².